The van der Waals surface area contributed by atoms with Gasteiger partial charge in [-0.1, -0.05) is 90.2 Å². The molecule has 4 rings (SSSR count). The second kappa shape index (κ2) is 10.7. The van der Waals surface area contributed by atoms with Crippen molar-refractivity contribution in [3.63, 3.8) is 0 Å². The molecule has 1 aliphatic carbocycles. The second-order valence-electron chi connectivity index (χ2n) is 7.35. The number of esters is 1. The Hall–Kier alpha value is -2.83. The standard InChI is InChI=1S/C26H26N2O2S2/c1-30-24(29)23-19-28-25(32-23)27-17-18-31-26(20-11-5-2-6-12-20,21-13-7-3-8-14-21)22-15-9-4-10-16-22/h2-3,5-9,11-16,19H,4,10,17-18H2,1H3,(H,27,28). The predicted octanol–water partition coefficient (Wildman–Crippen LogP) is 6.30. The van der Waals surface area contributed by atoms with Gasteiger partial charge in [0.15, 0.2) is 5.13 Å². The first-order chi connectivity index (χ1) is 15.7. The predicted molar refractivity (Wildman–Crippen MR) is 135 cm³/mol. The minimum atomic E-state index is -0.354. The number of thiazole rings is 1. The van der Waals surface area contributed by atoms with Crippen LogP contribution in [0.2, 0.25) is 0 Å². The smallest absolute Gasteiger partial charge is 0.349 e. The summed E-state index contributed by atoms with van der Waals surface area (Å²) in [5, 5.41) is 4.09. The summed E-state index contributed by atoms with van der Waals surface area (Å²) in [5.41, 5.74) is 3.88. The van der Waals surface area contributed by atoms with E-state index in [1.54, 1.807) is 6.20 Å². The first kappa shape index (κ1) is 22.4. The van der Waals surface area contributed by atoms with Crippen molar-refractivity contribution in [1.29, 1.82) is 0 Å². The van der Waals surface area contributed by atoms with Gasteiger partial charge in [0.2, 0.25) is 0 Å². The Morgan fingerprint density at radius 1 is 1.09 bits per heavy atom. The Morgan fingerprint density at radius 2 is 1.78 bits per heavy atom. The summed E-state index contributed by atoms with van der Waals surface area (Å²) in [5.74, 6) is 0.510. The fourth-order valence-electron chi connectivity index (χ4n) is 3.88. The van der Waals surface area contributed by atoms with Crippen LogP contribution in [0.15, 0.2) is 90.7 Å². The van der Waals surface area contributed by atoms with Crippen LogP contribution in [-0.4, -0.2) is 30.4 Å². The van der Waals surface area contributed by atoms with Crippen molar-refractivity contribution in [2.45, 2.75) is 17.6 Å². The average Bonchev–Trinajstić information content (AvgIpc) is 3.34. The number of nitrogens with one attached hydrogen (secondary N) is 1. The topological polar surface area (TPSA) is 51.2 Å². The van der Waals surface area contributed by atoms with E-state index in [2.05, 4.69) is 89.2 Å². The number of methoxy groups -OCH3 is 1. The molecule has 0 aliphatic heterocycles. The zero-order valence-corrected chi connectivity index (χ0v) is 19.6. The Bertz CT molecular complexity index is 1050. The molecule has 0 fully saturated rings. The van der Waals surface area contributed by atoms with Crippen LogP contribution in [-0.2, 0) is 9.48 Å². The zero-order chi connectivity index (χ0) is 22.2. The van der Waals surface area contributed by atoms with Crippen LogP contribution >= 0.6 is 23.1 Å². The lowest BCUT2D eigenvalue weighted by molar-refractivity contribution is 0.0606. The highest BCUT2D eigenvalue weighted by molar-refractivity contribution is 8.00. The zero-order valence-electron chi connectivity index (χ0n) is 18.0. The maximum atomic E-state index is 11.7. The third-order valence-electron chi connectivity index (χ3n) is 5.35. The number of allylic oxidation sites excluding steroid dienone is 3. The van der Waals surface area contributed by atoms with Crippen molar-refractivity contribution in [3.05, 3.63) is 107 Å². The van der Waals surface area contributed by atoms with E-state index in [-0.39, 0.29) is 10.7 Å². The SMILES string of the molecule is COC(=O)c1cnc(NCCSC(C2=CCCC=C2)(c2ccccc2)c2ccccc2)s1. The number of ether oxygens (including phenoxy) is 1. The number of hydrogen-bond donors (Lipinski definition) is 1. The Labute approximate surface area is 197 Å². The molecule has 0 atom stereocenters. The number of benzene rings is 2. The molecule has 0 bridgehead atoms. The molecule has 1 aliphatic rings. The first-order valence-corrected chi connectivity index (χ1v) is 12.4. The molecule has 1 heterocycles. The number of rotatable bonds is 9. The molecular formula is C26H26N2O2S2. The van der Waals surface area contributed by atoms with Gasteiger partial charge in [0.1, 0.15) is 4.88 Å². The Balaban J connectivity index is 1.59. The molecule has 0 spiro atoms. The van der Waals surface area contributed by atoms with E-state index in [1.807, 2.05) is 11.8 Å². The molecule has 1 aromatic heterocycles. The maximum absolute atomic E-state index is 11.7. The first-order valence-electron chi connectivity index (χ1n) is 10.6. The molecule has 0 saturated heterocycles. The van der Waals surface area contributed by atoms with E-state index in [9.17, 15) is 4.79 Å². The third kappa shape index (κ3) is 4.81. The fraction of sp³-hybridized carbons (Fsp3) is 0.231. The highest BCUT2D eigenvalue weighted by Gasteiger charge is 2.37. The average molecular weight is 463 g/mol. The molecule has 3 aromatic rings. The van der Waals surface area contributed by atoms with Crippen molar-refractivity contribution < 1.29 is 9.53 Å². The Morgan fingerprint density at radius 3 is 2.38 bits per heavy atom. The monoisotopic (exact) mass is 462 g/mol. The molecule has 0 radical (unpaired) electrons. The number of aromatic nitrogens is 1. The van der Waals surface area contributed by atoms with Gasteiger partial charge >= 0.3 is 5.97 Å². The molecule has 0 saturated carbocycles. The molecule has 2 aromatic carbocycles. The van der Waals surface area contributed by atoms with E-state index in [0.717, 1.165) is 30.3 Å². The molecule has 1 N–H and O–H groups in total. The van der Waals surface area contributed by atoms with Crippen LogP contribution in [0.4, 0.5) is 5.13 Å². The van der Waals surface area contributed by atoms with Gasteiger partial charge in [-0.15, -0.1) is 11.8 Å². The number of nitrogens with zero attached hydrogens (tertiary/aromatic N) is 1. The highest BCUT2D eigenvalue weighted by atomic mass is 32.2. The minimum Gasteiger partial charge on any atom is -0.465 e. The number of anilines is 1. The summed E-state index contributed by atoms with van der Waals surface area (Å²) in [7, 11) is 1.38. The van der Waals surface area contributed by atoms with E-state index < -0.39 is 0 Å². The Kier molecular flexibility index (Phi) is 7.45. The van der Waals surface area contributed by atoms with Crippen LogP contribution in [0.5, 0.6) is 0 Å². The molecule has 4 nitrogen and oxygen atoms in total. The lowest BCUT2D eigenvalue weighted by Crippen LogP contribution is -2.28. The van der Waals surface area contributed by atoms with Crippen molar-refractivity contribution in [2.24, 2.45) is 0 Å². The maximum Gasteiger partial charge on any atom is 0.349 e. The largest absolute Gasteiger partial charge is 0.465 e. The quantitative estimate of drug-likeness (QED) is 0.299. The molecule has 32 heavy (non-hydrogen) atoms. The second-order valence-corrected chi connectivity index (χ2v) is 9.69. The summed E-state index contributed by atoms with van der Waals surface area (Å²) in [6.07, 6.45) is 10.6. The lowest BCUT2D eigenvalue weighted by atomic mass is 9.81. The summed E-state index contributed by atoms with van der Waals surface area (Å²) < 4.78 is 4.48. The highest BCUT2D eigenvalue weighted by Crippen LogP contribution is 2.49. The van der Waals surface area contributed by atoms with Gasteiger partial charge < -0.3 is 10.1 Å². The molecule has 164 valence electrons. The van der Waals surface area contributed by atoms with Crippen molar-refractivity contribution in [3.8, 4) is 0 Å². The molecule has 0 amide bonds. The van der Waals surface area contributed by atoms with Gasteiger partial charge in [-0.05, 0) is 29.5 Å². The van der Waals surface area contributed by atoms with Gasteiger partial charge in [0, 0.05) is 12.3 Å². The normalized spacial score (nSPS) is 13.5. The summed E-state index contributed by atoms with van der Waals surface area (Å²) in [6, 6.07) is 21.5. The van der Waals surface area contributed by atoms with Gasteiger partial charge in [-0.2, -0.15) is 0 Å². The van der Waals surface area contributed by atoms with Crippen LogP contribution in [0, 0.1) is 0 Å². The van der Waals surface area contributed by atoms with E-state index >= 15 is 0 Å². The summed E-state index contributed by atoms with van der Waals surface area (Å²) in [4.78, 5) is 16.5. The number of hydrogen-bond acceptors (Lipinski definition) is 6. The van der Waals surface area contributed by atoms with Crippen molar-refractivity contribution in [1.82, 2.24) is 4.98 Å². The van der Waals surface area contributed by atoms with Gasteiger partial charge in [-0.25, -0.2) is 9.78 Å². The van der Waals surface area contributed by atoms with Crippen LogP contribution in [0.3, 0.4) is 0 Å². The van der Waals surface area contributed by atoms with Gasteiger partial charge in [0.05, 0.1) is 18.1 Å². The fourth-order valence-corrected chi connectivity index (χ4v) is 6.08. The number of carbonyl (C=O) groups excluding carboxylic acids is 1. The summed E-state index contributed by atoms with van der Waals surface area (Å²) >= 11 is 3.24. The number of carbonyl (C=O) groups is 1. The molecule has 6 heteroatoms. The summed E-state index contributed by atoms with van der Waals surface area (Å²) in [6.45, 7) is 0.733. The van der Waals surface area contributed by atoms with E-state index in [1.165, 1.54) is 35.1 Å². The molecular weight excluding hydrogens is 436 g/mol. The van der Waals surface area contributed by atoms with Crippen LogP contribution in [0.25, 0.3) is 0 Å². The number of thioether (sulfide) groups is 1. The van der Waals surface area contributed by atoms with Crippen molar-refractivity contribution >= 4 is 34.2 Å². The van der Waals surface area contributed by atoms with Gasteiger partial charge in [0.25, 0.3) is 0 Å². The van der Waals surface area contributed by atoms with Gasteiger partial charge in [-0.3, -0.25) is 0 Å². The van der Waals surface area contributed by atoms with Crippen molar-refractivity contribution in [2.75, 3.05) is 24.7 Å². The van der Waals surface area contributed by atoms with Crippen LogP contribution in [0.1, 0.15) is 33.6 Å². The lowest BCUT2D eigenvalue weighted by Gasteiger charge is -2.37. The van der Waals surface area contributed by atoms with Crippen LogP contribution < -0.4 is 5.32 Å². The third-order valence-corrected chi connectivity index (χ3v) is 7.83. The van der Waals surface area contributed by atoms with E-state index in [4.69, 9.17) is 4.74 Å². The van der Waals surface area contributed by atoms with E-state index in [0.29, 0.717) is 4.88 Å². The minimum absolute atomic E-state index is 0.291. The molecule has 0 unspecified atom stereocenters.